The third-order valence-corrected chi connectivity index (χ3v) is 5.37. The van der Waals surface area contributed by atoms with Gasteiger partial charge in [-0.1, -0.05) is 48.5 Å². The van der Waals surface area contributed by atoms with Gasteiger partial charge in [0.1, 0.15) is 0 Å². The summed E-state index contributed by atoms with van der Waals surface area (Å²) in [5, 5.41) is 16.2. The molecule has 0 aliphatic carbocycles. The van der Waals surface area contributed by atoms with Crippen LogP contribution < -0.4 is 0 Å². The van der Waals surface area contributed by atoms with Gasteiger partial charge in [-0.2, -0.15) is 0 Å². The monoisotopic (exact) mass is 394 g/mol. The van der Waals surface area contributed by atoms with Gasteiger partial charge in [0.15, 0.2) is 0 Å². The van der Waals surface area contributed by atoms with E-state index in [1.807, 2.05) is 0 Å². The van der Waals surface area contributed by atoms with Gasteiger partial charge >= 0.3 is 11.9 Å². The highest BCUT2D eigenvalue weighted by atomic mass is 16.4. The molecular formula is C23H26N2O4. The predicted octanol–water partition coefficient (Wildman–Crippen LogP) is 3.48. The Morgan fingerprint density at radius 3 is 2.28 bits per heavy atom. The van der Waals surface area contributed by atoms with E-state index in [-0.39, 0.29) is 0 Å². The molecule has 29 heavy (non-hydrogen) atoms. The number of carboxylic acids is 2. The van der Waals surface area contributed by atoms with Crippen molar-refractivity contribution in [1.82, 2.24) is 9.47 Å². The minimum Gasteiger partial charge on any atom is -0.473 e. The van der Waals surface area contributed by atoms with E-state index in [2.05, 4.69) is 77.3 Å². The summed E-state index contributed by atoms with van der Waals surface area (Å²) in [5.41, 5.74) is 4.19. The zero-order valence-corrected chi connectivity index (χ0v) is 16.5. The van der Waals surface area contributed by atoms with Crippen molar-refractivity contribution in [2.24, 2.45) is 0 Å². The van der Waals surface area contributed by atoms with Crippen LogP contribution in [0.1, 0.15) is 24.0 Å². The Morgan fingerprint density at radius 2 is 1.66 bits per heavy atom. The minimum absolute atomic E-state index is 0.676. The molecule has 6 nitrogen and oxygen atoms in total. The van der Waals surface area contributed by atoms with Gasteiger partial charge in [-0.3, -0.25) is 0 Å². The van der Waals surface area contributed by atoms with Gasteiger partial charge in [-0.25, -0.2) is 9.59 Å². The number of rotatable bonds is 4. The molecule has 2 aromatic carbocycles. The lowest BCUT2D eigenvalue weighted by Crippen LogP contribution is -2.29. The molecule has 1 saturated heterocycles. The Hall–Kier alpha value is -3.12. The van der Waals surface area contributed by atoms with E-state index in [9.17, 15) is 0 Å². The molecule has 0 saturated carbocycles. The topological polar surface area (TPSA) is 82.8 Å². The van der Waals surface area contributed by atoms with Crippen molar-refractivity contribution in [1.29, 1.82) is 0 Å². The number of likely N-dealkylation sites (tertiary alicyclic amines) is 1. The Kier molecular flexibility index (Phi) is 6.67. The summed E-state index contributed by atoms with van der Waals surface area (Å²) in [6.07, 6.45) is 6.03. The molecule has 0 spiro atoms. The Balaban J connectivity index is 0.000000353. The average Bonchev–Trinajstić information content (AvgIpc) is 3.27. The van der Waals surface area contributed by atoms with E-state index in [4.69, 9.17) is 19.8 Å². The first-order chi connectivity index (χ1) is 14.0. The van der Waals surface area contributed by atoms with Crippen LogP contribution in [-0.4, -0.2) is 51.3 Å². The zero-order valence-electron chi connectivity index (χ0n) is 16.5. The molecule has 1 atom stereocenters. The number of hydrogen-bond donors (Lipinski definition) is 2. The number of aromatic nitrogens is 1. The van der Waals surface area contributed by atoms with E-state index in [0.29, 0.717) is 6.04 Å². The van der Waals surface area contributed by atoms with Crippen LogP contribution in [0.25, 0.3) is 10.9 Å². The smallest absolute Gasteiger partial charge is 0.414 e. The molecule has 1 aliphatic rings. The van der Waals surface area contributed by atoms with E-state index in [1.165, 1.54) is 41.4 Å². The van der Waals surface area contributed by atoms with E-state index < -0.39 is 11.9 Å². The fourth-order valence-electron chi connectivity index (χ4n) is 3.87. The second kappa shape index (κ2) is 9.39. The van der Waals surface area contributed by atoms with Crippen molar-refractivity contribution in [3.05, 3.63) is 71.9 Å². The molecule has 1 aliphatic heterocycles. The van der Waals surface area contributed by atoms with Crippen molar-refractivity contribution >= 4 is 22.8 Å². The first-order valence-corrected chi connectivity index (χ1v) is 9.73. The van der Waals surface area contributed by atoms with E-state index >= 15 is 0 Å². The van der Waals surface area contributed by atoms with Gasteiger partial charge in [0, 0.05) is 29.7 Å². The maximum Gasteiger partial charge on any atom is 0.414 e. The number of nitrogens with zero attached hydrogens (tertiary/aromatic N) is 2. The normalized spacial score (nSPS) is 16.4. The fourth-order valence-corrected chi connectivity index (χ4v) is 3.87. The fraction of sp³-hybridized carbons (Fsp3) is 0.304. The van der Waals surface area contributed by atoms with Crippen LogP contribution in [0.3, 0.4) is 0 Å². The summed E-state index contributed by atoms with van der Waals surface area (Å²) in [6, 6.07) is 20.3. The van der Waals surface area contributed by atoms with Crippen LogP contribution in [0.5, 0.6) is 0 Å². The summed E-state index contributed by atoms with van der Waals surface area (Å²) in [5.74, 6) is -3.65. The number of aliphatic carboxylic acids is 2. The average molecular weight is 394 g/mol. The van der Waals surface area contributed by atoms with Crippen LogP contribution in [0.15, 0.2) is 60.8 Å². The molecule has 2 N–H and O–H groups in total. The SMILES string of the molecule is CN1CCC[C@H]1Cn1cc(Cc2ccccc2)c2ccccc21.O=C(O)C(=O)O. The highest BCUT2D eigenvalue weighted by Gasteiger charge is 2.22. The molecule has 0 amide bonds. The second-order valence-corrected chi connectivity index (χ2v) is 7.37. The van der Waals surface area contributed by atoms with Crippen LogP contribution in [0, 0.1) is 0 Å². The number of fused-ring (bicyclic) bond motifs is 1. The Bertz CT molecular complexity index is 969. The standard InChI is InChI=1S/C21H24N2.C2H2O4/c1-22-13-7-10-19(22)16-23-15-18(14-17-8-3-2-4-9-17)20-11-5-6-12-21(20)23;3-1(4)2(5)6/h2-6,8-9,11-12,15,19H,7,10,13-14,16H2,1H3;(H,3,4)(H,5,6)/t19-;/m0./s1. The van der Waals surface area contributed by atoms with Crippen LogP contribution in [0.2, 0.25) is 0 Å². The van der Waals surface area contributed by atoms with Crippen molar-refractivity contribution in [3.8, 4) is 0 Å². The Labute approximate surface area is 170 Å². The van der Waals surface area contributed by atoms with E-state index in [0.717, 1.165) is 13.0 Å². The first kappa shape index (κ1) is 20.6. The molecule has 2 heterocycles. The van der Waals surface area contributed by atoms with Gasteiger partial charge in [0.05, 0.1) is 0 Å². The molecule has 0 radical (unpaired) electrons. The first-order valence-electron chi connectivity index (χ1n) is 9.73. The highest BCUT2D eigenvalue weighted by Crippen LogP contribution is 2.26. The number of para-hydroxylation sites is 1. The van der Waals surface area contributed by atoms with Gasteiger partial charge in [0.2, 0.25) is 0 Å². The number of benzene rings is 2. The molecule has 3 aromatic rings. The summed E-state index contributed by atoms with van der Waals surface area (Å²) in [7, 11) is 2.26. The summed E-state index contributed by atoms with van der Waals surface area (Å²) >= 11 is 0. The minimum atomic E-state index is -1.82. The number of carbonyl (C=O) groups is 2. The van der Waals surface area contributed by atoms with Gasteiger partial charge < -0.3 is 19.7 Å². The molecule has 6 heteroatoms. The summed E-state index contributed by atoms with van der Waals surface area (Å²) in [6.45, 7) is 2.34. The lowest BCUT2D eigenvalue weighted by atomic mass is 10.0. The van der Waals surface area contributed by atoms with Crippen molar-refractivity contribution < 1.29 is 19.8 Å². The molecule has 1 aromatic heterocycles. The van der Waals surface area contributed by atoms with Crippen LogP contribution in [-0.2, 0) is 22.6 Å². The molecule has 0 unspecified atom stereocenters. The Morgan fingerprint density at radius 1 is 1.00 bits per heavy atom. The highest BCUT2D eigenvalue weighted by molar-refractivity contribution is 6.27. The third-order valence-electron chi connectivity index (χ3n) is 5.37. The van der Waals surface area contributed by atoms with E-state index in [1.54, 1.807) is 0 Å². The zero-order chi connectivity index (χ0) is 20.8. The molecule has 1 fully saturated rings. The lowest BCUT2D eigenvalue weighted by Gasteiger charge is -2.20. The molecule has 0 bridgehead atoms. The van der Waals surface area contributed by atoms with Gasteiger partial charge in [0.25, 0.3) is 0 Å². The number of carboxylic acid groups (broad SMARTS) is 2. The molecule has 152 valence electrons. The number of likely N-dealkylation sites (N-methyl/N-ethyl adjacent to an activating group) is 1. The van der Waals surface area contributed by atoms with Crippen LogP contribution >= 0.6 is 0 Å². The lowest BCUT2D eigenvalue weighted by molar-refractivity contribution is -0.159. The van der Waals surface area contributed by atoms with Crippen LogP contribution in [0.4, 0.5) is 0 Å². The van der Waals surface area contributed by atoms with Gasteiger partial charge in [-0.15, -0.1) is 0 Å². The summed E-state index contributed by atoms with van der Waals surface area (Å²) < 4.78 is 2.47. The molecular weight excluding hydrogens is 368 g/mol. The van der Waals surface area contributed by atoms with Gasteiger partial charge in [-0.05, 0) is 50.0 Å². The molecule has 4 rings (SSSR count). The summed E-state index contributed by atoms with van der Waals surface area (Å²) in [4.78, 5) is 20.7. The predicted molar refractivity (Wildman–Crippen MR) is 112 cm³/mol. The largest absolute Gasteiger partial charge is 0.473 e. The maximum absolute atomic E-state index is 9.10. The second-order valence-electron chi connectivity index (χ2n) is 7.37. The quantitative estimate of drug-likeness (QED) is 0.662. The van der Waals surface area contributed by atoms with Crippen molar-refractivity contribution in [3.63, 3.8) is 0 Å². The van der Waals surface area contributed by atoms with Crippen molar-refractivity contribution in [2.45, 2.75) is 31.8 Å². The number of hydrogen-bond acceptors (Lipinski definition) is 3. The third kappa shape index (κ3) is 5.23. The maximum atomic E-state index is 9.10. The van der Waals surface area contributed by atoms with Crippen molar-refractivity contribution in [2.75, 3.05) is 13.6 Å².